The molecule has 2 N–H and O–H groups in total. The van der Waals surface area contributed by atoms with Crippen LogP contribution >= 0.6 is 0 Å². The normalized spacial score (nSPS) is 39.0. The van der Waals surface area contributed by atoms with Gasteiger partial charge in [0.1, 0.15) is 11.5 Å². The van der Waals surface area contributed by atoms with Crippen LogP contribution in [0.3, 0.4) is 0 Å². The van der Waals surface area contributed by atoms with E-state index in [0.29, 0.717) is 13.0 Å². The number of carboxylic acid groups (broad SMARTS) is 1. The number of nitrogens with zero attached hydrogens (tertiary/aromatic N) is 1. The van der Waals surface area contributed by atoms with Crippen LogP contribution in [0.5, 0.6) is 0 Å². The molecule has 6 nitrogen and oxygen atoms in total. The van der Waals surface area contributed by atoms with Crippen molar-refractivity contribution < 1.29 is 24.5 Å². The van der Waals surface area contributed by atoms with Crippen molar-refractivity contribution in [1.29, 1.82) is 0 Å². The standard InChI is InChI=1S/C15H21NO5/c1-8(6-14(2,3)20)16-7-15-5-4-9(21-15)10(13(18)19)11(15)12(16)17/h4-5,8-11,20H,6-7H2,1-3H3,(H,18,19). The van der Waals surface area contributed by atoms with E-state index in [-0.39, 0.29) is 11.9 Å². The first-order valence-corrected chi connectivity index (χ1v) is 7.27. The summed E-state index contributed by atoms with van der Waals surface area (Å²) in [4.78, 5) is 25.8. The minimum atomic E-state index is -0.985. The van der Waals surface area contributed by atoms with E-state index >= 15 is 0 Å². The van der Waals surface area contributed by atoms with E-state index in [1.165, 1.54) is 0 Å². The number of ether oxygens (including phenoxy) is 1. The van der Waals surface area contributed by atoms with E-state index in [1.807, 2.05) is 13.0 Å². The van der Waals surface area contributed by atoms with Crippen molar-refractivity contribution >= 4 is 11.9 Å². The van der Waals surface area contributed by atoms with E-state index in [0.717, 1.165) is 0 Å². The first kappa shape index (κ1) is 14.5. The van der Waals surface area contributed by atoms with Gasteiger partial charge in [0.2, 0.25) is 5.91 Å². The minimum Gasteiger partial charge on any atom is -0.481 e. The molecule has 0 aliphatic carbocycles. The van der Waals surface area contributed by atoms with Gasteiger partial charge in [0.15, 0.2) is 0 Å². The van der Waals surface area contributed by atoms with Crippen LogP contribution in [0.2, 0.25) is 0 Å². The number of carbonyl (C=O) groups is 2. The van der Waals surface area contributed by atoms with Gasteiger partial charge in [-0.25, -0.2) is 0 Å². The van der Waals surface area contributed by atoms with Crippen molar-refractivity contribution in [3.63, 3.8) is 0 Å². The van der Waals surface area contributed by atoms with Gasteiger partial charge < -0.3 is 19.8 Å². The number of aliphatic hydroxyl groups is 1. The average Bonchev–Trinajstić information content (AvgIpc) is 2.95. The molecule has 3 aliphatic rings. The zero-order valence-electron chi connectivity index (χ0n) is 12.4. The Balaban J connectivity index is 1.86. The molecule has 3 aliphatic heterocycles. The summed E-state index contributed by atoms with van der Waals surface area (Å²) < 4.78 is 5.82. The van der Waals surface area contributed by atoms with Crippen LogP contribution < -0.4 is 0 Å². The van der Waals surface area contributed by atoms with Crippen LogP contribution in [0.15, 0.2) is 12.2 Å². The number of amides is 1. The number of hydrogen-bond donors (Lipinski definition) is 2. The molecule has 5 atom stereocenters. The fourth-order valence-corrected chi connectivity index (χ4v) is 4.02. The Bertz CT molecular complexity index is 523. The smallest absolute Gasteiger partial charge is 0.310 e. The Morgan fingerprint density at radius 2 is 2.29 bits per heavy atom. The van der Waals surface area contributed by atoms with Crippen LogP contribution in [0.4, 0.5) is 0 Å². The second-order valence-electron chi connectivity index (χ2n) is 7.07. The molecule has 2 saturated heterocycles. The SMILES string of the molecule is CC(CC(C)(C)O)N1CC23C=CC(O2)C(C(=O)O)C3C1=O. The highest BCUT2D eigenvalue weighted by Crippen LogP contribution is 2.52. The molecule has 0 saturated carbocycles. The summed E-state index contributed by atoms with van der Waals surface area (Å²) >= 11 is 0. The number of aliphatic carboxylic acids is 1. The van der Waals surface area contributed by atoms with Gasteiger partial charge in [-0.3, -0.25) is 9.59 Å². The quantitative estimate of drug-likeness (QED) is 0.733. The summed E-state index contributed by atoms with van der Waals surface area (Å²) in [5.41, 5.74) is -1.67. The van der Waals surface area contributed by atoms with Crippen LogP contribution in [-0.4, -0.2) is 56.9 Å². The lowest BCUT2D eigenvalue weighted by atomic mass is 9.77. The summed E-state index contributed by atoms with van der Waals surface area (Å²) in [6.07, 6.45) is 3.54. The zero-order valence-corrected chi connectivity index (χ0v) is 12.4. The van der Waals surface area contributed by atoms with Crippen LogP contribution in [0.25, 0.3) is 0 Å². The van der Waals surface area contributed by atoms with Crippen LogP contribution in [-0.2, 0) is 14.3 Å². The van der Waals surface area contributed by atoms with Crippen molar-refractivity contribution in [3.05, 3.63) is 12.2 Å². The number of rotatable bonds is 4. The molecular formula is C15H21NO5. The van der Waals surface area contributed by atoms with Crippen LogP contribution in [0, 0.1) is 11.8 Å². The molecule has 5 unspecified atom stereocenters. The molecule has 2 bridgehead atoms. The average molecular weight is 295 g/mol. The highest BCUT2D eigenvalue weighted by molar-refractivity contribution is 5.90. The highest BCUT2D eigenvalue weighted by atomic mass is 16.5. The Morgan fingerprint density at radius 3 is 2.86 bits per heavy atom. The number of carbonyl (C=O) groups excluding carboxylic acids is 1. The molecule has 0 aromatic heterocycles. The fourth-order valence-electron chi connectivity index (χ4n) is 4.02. The Morgan fingerprint density at radius 1 is 1.62 bits per heavy atom. The molecule has 6 heteroatoms. The third-order valence-corrected chi connectivity index (χ3v) is 4.74. The topological polar surface area (TPSA) is 87.1 Å². The van der Waals surface area contributed by atoms with Crippen LogP contribution in [0.1, 0.15) is 27.2 Å². The second-order valence-corrected chi connectivity index (χ2v) is 7.07. The molecule has 2 fully saturated rings. The Hall–Kier alpha value is -1.40. The molecule has 1 amide bonds. The maximum absolute atomic E-state index is 12.7. The molecule has 3 rings (SSSR count). The lowest BCUT2D eigenvalue weighted by Gasteiger charge is -2.31. The first-order valence-electron chi connectivity index (χ1n) is 7.27. The molecule has 0 radical (unpaired) electrons. The van der Waals surface area contributed by atoms with Gasteiger partial charge in [-0.05, 0) is 27.2 Å². The van der Waals surface area contributed by atoms with Gasteiger partial charge >= 0.3 is 5.97 Å². The lowest BCUT2D eigenvalue weighted by Crippen LogP contribution is -2.42. The van der Waals surface area contributed by atoms with Crippen molar-refractivity contribution in [3.8, 4) is 0 Å². The molecule has 1 spiro atoms. The molecule has 0 aromatic carbocycles. The largest absolute Gasteiger partial charge is 0.481 e. The molecule has 3 heterocycles. The van der Waals surface area contributed by atoms with Crippen molar-refractivity contribution in [2.45, 2.75) is 50.5 Å². The number of carboxylic acids is 1. The van der Waals surface area contributed by atoms with E-state index in [4.69, 9.17) is 4.74 Å². The maximum atomic E-state index is 12.7. The summed E-state index contributed by atoms with van der Waals surface area (Å²) in [6.45, 7) is 5.64. The molecular weight excluding hydrogens is 274 g/mol. The minimum absolute atomic E-state index is 0.164. The predicted molar refractivity (Wildman–Crippen MR) is 73.4 cm³/mol. The molecule has 116 valence electrons. The molecule has 21 heavy (non-hydrogen) atoms. The summed E-state index contributed by atoms with van der Waals surface area (Å²) in [6, 6.07) is -0.164. The molecule has 0 aromatic rings. The first-order chi connectivity index (χ1) is 9.65. The van der Waals surface area contributed by atoms with Crippen molar-refractivity contribution in [2.75, 3.05) is 6.54 Å². The van der Waals surface area contributed by atoms with E-state index in [1.54, 1.807) is 24.8 Å². The van der Waals surface area contributed by atoms with Gasteiger partial charge in [-0.1, -0.05) is 12.2 Å². The van der Waals surface area contributed by atoms with Crippen molar-refractivity contribution in [1.82, 2.24) is 4.90 Å². The fraction of sp³-hybridized carbons (Fsp3) is 0.733. The Labute approximate surface area is 123 Å². The zero-order chi connectivity index (χ0) is 15.6. The van der Waals surface area contributed by atoms with E-state index < -0.39 is 35.1 Å². The predicted octanol–water partition coefficient (Wildman–Crippen LogP) is 0.402. The third-order valence-electron chi connectivity index (χ3n) is 4.74. The number of likely N-dealkylation sites (tertiary alicyclic amines) is 1. The van der Waals surface area contributed by atoms with Crippen molar-refractivity contribution in [2.24, 2.45) is 11.8 Å². The summed E-state index contributed by atoms with van der Waals surface area (Å²) in [5.74, 6) is -2.61. The van der Waals surface area contributed by atoms with Gasteiger partial charge in [0.25, 0.3) is 0 Å². The highest BCUT2D eigenvalue weighted by Gasteiger charge is 2.67. The Kier molecular flexibility index (Phi) is 2.98. The van der Waals surface area contributed by atoms with Gasteiger partial charge in [0.05, 0.1) is 24.2 Å². The number of hydrogen-bond acceptors (Lipinski definition) is 4. The monoisotopic (exact) mass is 295 g/mol. The lowest BCUT2D eigenvalue weighted by molar-refractivity contribution is -0.148. The third kappa shape index (κ3) is 2.08. The second kappa shape index (κ2) is 4.30. The van der Waals surface area contributed by atoms with Gasteiger partial charge in [-0.15, -0.1) is 0 Å². The van der Waals surface area contributed by atoms with Gasteiger partial charge in [-0.2, -0.15) is 0 Å². The van der Waals surface area contributed by atoms with E-state index in [2.05, 4.69) is 0 Å². The van der Waals surface area contributed by atoms with E-state index in [9.17, 15) is 19.8 Å². The maximum Gasteiger partial charge on any atom is 0.310 e. The van der Waals surface area contributed by atoms with Gasteiger partial charge in [0, 0.05) is 6.04 Å². The summed E-state index contributed by atoms with van der Waals surface area (Å²) in [5, 5.41) is 19.3. The summed E-state index contributed by atoms with van der Waals surface area (Å²) in [7, 11) is 0. The number of fused-ring (bicyclic) bond motifs is 1.